The van der Waals surface area contributed by atoms with Crippen molar-refractivity contribution in [3.63, 3.8) is 0 Å². The van der Waals surface area contributed by atoms with Crippen molar-refractivity contribution < 1.29 is 9.59 Å². The van der Waals surface area contributed by atoms with Crippen molar-refractivity contribution in [3.8, 4) is 0 Å². The zero-order valence-electron chi connectivity index (χ0n) is 10.5. The maximum atomic E-state index is 10.9. The summed E-state index contributed by atoms with van der Waals surface area (Å²) in [6.45, 7) is 0. The van der Waals surface area contributed by atoms with Gasteiger partial charge in [-0.1, -0.05) is 0 Å². The molecule has 0 heterocycles. The van der Waals surface area contributed by atoms with E-state index >= 15 is 0 Å². The number of nitrogens with zero attached hydrogens (tertiary/aromatic N) is 2. The Morgan fingerprint density at radius 2 is 0.950 bits per heavy atom. The van der Waals surface area contributed by atoms with E-state index in [9.17, 15) is 9.59 Å². The van der Waals surface area contributed by atoms with Crippen LogP contribution < -0.4 is 11.5 Å². The number of rotatable bonds is 4. The summed E-state index contributed by atoms with van der Waals surface area (Å²) in [5.41, 5.74) is 12.3. The normalized spacial score (nSPS) is 10.6. The molecule has 2 rings (SSSR count). The molecule has 2 aromatic rings. The molecule has 6 heteroatoms. The van der Waals surface area contributed by atoms with Crippen molar-refractivity contribution in [1.82, 2.24) is 0 Å². The van der Waals surface area contributed by atoms with Crippen LogP contribution in [0.3, 0.4) is 0 Å². The van der Waals surface area contributed by atoms with Gasteiger partial charge in [0.2, 0.25) is 11.8 Å². The van der Waals surface area contributed by atoms with Crippen molar-refractivity contribution in [1.29, 1.82) is 0 Å². The van der Waals surface area contributed by atoms with Gasteiger partial charge in [-0.05, 0) is 48.5 Å². The van der Waals surface area contributed by atoms with Gasteiger partial charge in [-0.15, -0.1) is 0 Å². The molecule has 0 atom stereocenters. The number of nitrogens with two attached hydrogens (primary N) is 2. The molecular weight excluding hydrogens is 256 g/mol. The predicted molar refractivity (Wildman–Crippen MR) is 74.1 cm³/mol. The third kappa shape index (κ3) is 3.26. The molecular formula is C14H12N4O2. The van der Waals surface area contributed by atoms with Crippen LogP contribution in [0.5, 0.6) is 0 Å². The SMILES string of the molecule is NC(=O)c1ccc(/N=N\c2ccc(C(N)=O)cc2)cc1. The minimum absolute atomic E-state index is 0.412. The van der Waals surface area contributed by atoms with Gasteiger partial charge in [0.05, 0.1) is 11.4 Å². The van der Waals surface area contributed by atoms with Crippen molar-refractivity contribution in [3.05, 3.63) is 59.7 Å². The average Bonchev–Trinajstić information content (AvgIpc) is 2.46. The van der Waals surface area contributed by atoms with E-state index in [0.29, 0.717) is 22.5 Å². The van der Waals surface area contributed by atoms with Crippen molar-refractivity contribution in [2.75, 3.05) is 0 Å². The first-order valence-corrected chi connectivity index (χ1v) is 5.78. The molecule has 0 aliphatic rings. The third-order valence-corrected chi connectivity index (χ3v) is 2.58. The standard InChI is InChI=1S/C14H12N4O2/c15-13(19)9-1-5-11(6-2-9)17-18-12-7-3-10(4-8-12)14(16)20/h1-8H,(H2,15,19)(H2,16,20)/b18-17-. The molecule has 2 aromatic carbocycles. The minimum atomic E-state index is -0.490. The van der Waals surface area contributed by atoms with Crippen LogP contribution in [-0.4, -0.2) is 11.8 Å². The van der Waals surface area contributed by atoms with Gasteiger partial charge in [0, 0.05) is 11.1 Å². The topological polar surface area (TPSA) is 111 Å². The molecule has 20 heavy (non-hydrogen) atoms. The molecule has 0 unspecified atom stereocenters. The first-order chi connectivity index (χ1) is 9.56. The van der Waals surface area contributed by atoms with E-state index in [1.807, 2.05) is 0 Å². The highest BCUT2D eigenvalue weighted by Crippen LogP contribution is 2.19. The highest BCUT2D eigenvalue weighted by molar-refractivity contribution is 5.93. The van der Waals surface area contributed by atoms with Gasteiger partial charge in [-0.2, -0.15) is 10.2 Å². The fourth-order valence-electron chi connectivity index (χ4n) is 1.50. The molecule has 100 valence electrons. The summed E-state index contributed by atoms with van der Waals surface area (Å²) in [7, 11) is 0. The minimum Gasteiger partial charge on any atom is -0.366 e. The second kappa shape index (κ2) is 5.75. The number of carbonyl (C=O) groups is 2. The van der Waals surface area contributed by atoms with Gasteiger partial charge < -0.3 is 11.5 Å². The largest absolute Gasteiger partial charge is 0.366 e. The second-order valence-corrected chi connectivity index (χ2v) is 4.02. The van der Waals surface area contributed by atoms with E-state index in [1.165, 1.54) is 0 Å². The summed E-state index contributed by atoms with van der Waals surface area (Å²) >= 11 is 0. The van der Waals surface area contributed by atoms with E-state index in [0.717, 1.165) is 0 Å². The highest BCUT2D eigenvalue weighted by Gasteiger charge is 2.00. The van der Waals surface area contributed by atoms with Crippen molar-refractivity contribution in [2.24, 2.45) is 21.7 Å². The van der Waals surface area contributed by atoms with E-state index in [-0.39, 0.29) is 0 Å². The van der Waals surface area contributed by atoms with Crippen LogP contribution in [0.15, 0.2) is 58.8 Å². The van der Waals surface area contributed by atoms with Crippen molar-refractivity contribution in [2.45, 2.75) is 0 Å². The summed E-state index contributed by atoms with van der Waals surface area (Å²) in [4.78, 5) is 21.8. The molecule has 0 saturated heterocycles. The van der Waals surface area contributed by atoms with Crippen LogP contribution in [0.2, 0.25) is 0 Å². The quantitative estimate of drug-likeness (QED) is 0.829. The van der Waals surface area contributed by atoms with Gasteiger partial charge in [0.15, 0.2) is 0 Å². The molecule has 0 saturated carbocycles. The van der Waals surface area contributed by atoms with Gasteiger partial charge in [-0.3, -0.25) is 9.59 Å². The molecule has 0 aromatic heterocycles. The lowest BCUT2D eigenvalue weighted by molar-refractivity contribution is 0.0992. The molecule has 2 amide bonds. The van der Waals surface area contributed by atoms with Gasteiger partial charge in [0.25, 0.3) is 0 Å². The van der Waals surface area contributed by atoms with Crippen LogP contribution in [0.25, 0.3) is 0 Å². The first-order valence-electron chi connectivity index (χ1n) is 5.78. The molecule has 0 bridgehead atoms. The number of hydrogen-bond donors (Lipinski definition) is 2. The predicted octanol–water partition coefficient (Wildman–Crippen LogP) is 2.30. The third-order valence-electron chi connectivity index (χ3n) is 2.58. The number of benzene rings is 2. The van der Waals surface area contributed by atoms with Crippen LogP contribution in [0, 0.1) is 0 Å². The summed E-state index contributed by atoms with van der Waals surface area (Å²) in [6.07, 6.45) is 0. The molecule has 0 spiro atoms. The number of azo groups is 1. The van der Waals surface area contributed by atoms with Gasteiger partial charge >= 0.3 is 0 Å². The number of carbonyl (C=O) groups excluding carboxylic acids is 2. The molecule has 0 radical (unpaired) electrons. The van der Waals surface area contributed by atoms with Crippen LogP contribution in [-0.2, 0) is 0 Å². The highest BCUT2D eigenvalue weighted by atomic mass is 16.1. The Kier molecular flexibility index (Phi) is 3.85. The zero-order chi connectivity index (χ0) is 14.5. The Labute approximate surface area is 115 Å². The summed E-state index contributed by atoms with van der Waals surface area (Å²) < 4.78 is 0. The van der Waals surface area contributed by atoms with E-state index in [1.54, 1.807) is 48.5 Å². The van der Waals surface area contributed by atoms with Gasteiger partial charge in [0.1, 0.15) is 0 Å². The van der Waals surface area contributed by atoms with E-state index in [4.69, 9.17) is 11.5 Å². The Morgan fingerprint density at radius 3 is 1.20 bits per heavy atom. The molecule has 0 fully saturated rings. The number of amides is 2. The van der Waals surface area contributed by atoms with E-state index < -0.39 is 11.8 Å². The Morgan fingerprint density at radius 1 is 0.650 bits per heavy atom. The summed E-state index contributed by atoms with van der Waals surface area (Å²) in [6, 6.07) is 12.9. The summed E-state index contributed by atoms with van der Waals surface area (Å²) in [5, 5.41) is 8.02. The van der Waals surface area contributed by atoms with Gasteiger partial charge in [-0.25, -0.2) is 0 Å². The molecule has 0 aliphatic carbocycles. The summed E-state index contributed by atoms with van der Waals surface area (Å²) in [5.74, 6) is -0.981. The zero-order valence-corrected chi connectivity index (χ0v) is 10.5. The smallest absolute Gasteiger partial charge is 0.248 e. The molecule has 6 nitrogen and oxygen atoms in total. The Hall–Kier alpha value is -3.02. The molecule has 4 N–H and O–H groups in total. The number of primary amides is 2. The maximum absolute atomic E-state index is 10.9. The lowest BCUT2D eigenvalue weighted by Crippen LogP contribution is -2.10. The Balaban J connectivity index is 2.12. The average molecular weight is 268 g/mol. The monoisotopic (exact) mass is 268 g/mol. The second-order valence-electron chi connectivity index (χ2n) is 4.02. The lowest BCUT2D eigenvalue weighted by Gasteiger charge is -1.97. The lowest BCUT2D eigenvalue weighted by atomic mass is 10.2. The fraction of sp³-hybridized carbons (Fsp3) is 0. The van der Waals surface area contributed by atoms with Crippen LogP contribution in [0.1, 0.15) is 20.7 Å². The van der Waals surface area contributed by atoms with Crippen LogP contribution >= 0.6 is 0 Å². The fourth-order valence-corrected chi connectivity index (χ4v) is 1.50. The maximum Gasteiger partial charge on any atom is 0.248 e. The molecule has 0 aliphatic heterocycles. The first kappa shape index (κ1) is 13.4. The number of hydrogen-bond acceptors (Lipinski definition) is 4. The van der Waals surface area contributed by atoms with E-state index in [2.05, 4.69) is 10.2 Å². The van der Waals surface area contributed by atoms with Crippen molar-refractivity contribution >= 4 is 23.2 Å². The van der Waals surface area contributed by atoms with Crippen LogP contribution in [0.4, 0.5) is 11.4 Å². The Bertz CT molecular complexity index is 601.